The normalized spacial score (nSPS) is 11.4. The Morgan fingerprint density at radius 1 is 0.750 bits per heavy atom. The molecule has 0 aliphatic carbocycles. The minimum absolute atomic E-state index is 0.359. The molecule has 0 bridgehead atoms. The topological polar surface area (TPSA) is 45.2 Å². The predicted octanol–water partition coefficient (Wildman–Crippen LogP) is 7.17. The number of unbranched alkanes of at least 4 members (excludes halogenated alkanes) is 13. The molecule has 3 heteroatoms. The number of aliphatic hydroxyl groups is 1. The van der Waals surface area contributed by atoms with E-state index in [0.29, 0.717) is 6.61 Å². The van der Waals surface area contributed by atoms with Gasteiger partial charge in [0.2, 0.25) is 0 Å². The van der Waals surface area contributed by atoms with Crippen molar-refractivity contribution in [3.8, 4) is 5.75 Å². The fourth-order valence-electron chi connectivity index (χ4n) is 4.04. The van der Waals surface area contributed by atoms with Crippen molar-refractivity contribution >= 4 is 10.9 Å². The summed E-state index contributed by atoms with van der Waals surface area (Å²) in [6.07, 6.45) is 19.7. The highest BCUT2D eigenvalue weighted by atomic mass is 16.5. The number of nitrogens with one attached hydrogen (secondary N) is 1. The summed E-state index contributed by atoms with van der Waals surface area (Å²) in [6.45, 7) is 0.359. The number of fused-ring (bicyclic) bond motifs is 1. The van der Waals surface area contributed by atoms with E-state index in [1.807, 2.05) is 6.07 Å². The Bertz CT molecular complexity index is 635. The lowest BCUT2D eigenvalue weighted by molar-refractivity contribution is 0.282. The van der Waals surface area contributed by atoms with E-state index >= 15 is 0 Å². The smallest absolute Gasteiger partial charge is 0.142 e. The van der Waals surface area contributed by atoms with Crippen molar-refractivity contribution in [3.63, 3.8) is 0 Å². The quantitative estimate of drug-likeness (QED) is 0.282. The van der Waals surface area contributed by atoms with E-state index in [4.69, 9.17) is 9.84 Å². The van der Waals surface area contributed by atoms with E-state index in [1.165, 1.54) is 94.6 Å². The van der Waals surface area contributed by atoms with E-state index in [1.54, 1.807) is 7.11 Å². The molecule has 0 amide bonds. The number of hydrogen-bond donors (Lipinski definition) is 2. The lowest BCUT2D eigenvalue weighted by Crippen LogP contribution is -1.87. The van der Waals surface area contributed by atoms with E-state index in [-0.39, 0.29) is 0 Å². The first-order chi connectivity index (χ1) is 13.8. The first kappa shape index (κ1) is 22.8. The first-order valence-corrected chi connectivity index (χ1v) is 11.6. The van der Waals surface area contributed by atoms with Gasteiger partial charge in [-0.25, -0.2) is 0 Å². The highest BCUT2D eigenvalue weighted by Crippen LogP contribution is 2.26. The van der Waals surface area contributed by atoms with Crippen LogP contribution in [-0.2, 0) is 6.42 Å². The lowest BCUT2D eigenvalue weighted by Gasteiger charge is -2.03. The third kappa shape index (κ3) is 8.68. The van der Waals surface area contributed by atoms with Crippen molar-refractivity contribution in [3.05, 3.63) is 30.0 Å². The molecule has 0 saturated heterocycles. The summed E-state index contributed by atoms with van der Waals surface area (Å²) in [4.78, 5) is 3.53. The number of ether oxygens (including phenoxy) is 1. The number of hydrogen-bond acceptors (Lipinski definition) is 2. The number of H-pyrrole nitrogens is 1. The van der Waals surface area contributed by atoms with Gasteiger partial charge in [-0.3, -0.25) is 0 Å². The van der Waals surface area contributed by atoms with Gasteiger partial charge in [-0.15, -0.1) is 0 Å². The van der Waals surface area contributed by atoms with Crippen LogP contribution < -0.4 is 4.74 Å². The molecular formula is C25H41NO2. The zero-order valence-electron chi connectivity index (χ0n) is 18.0. The predicted molar refractivity (Wildman–Crippen MR) is 120 cm³/mol. The Labute approximate surface area is 171 Å². The molecule has 0 unspecified atom stereocenters. The van der Waals surface area contributed by atoms with Gasteiger partial charge >= 0.3 is 0 Å². The summed E-state index contributed by atoms with van der Waals surface area (Å²) >= 11 is 0. The average molecular weight is 388 g/mol. The Morgan fingerprint density at radius 2 is 1.29 bits per heavy atom. The van der Waals surface area contributed by atoms with Gasteiger partial charge in [-0.1, -0.05) is 89.2 Å². The Morgan fingerprint density at radius 3 is 1.82 bits per heavy atom. The second-order valence-corrected chi connectivity index (χ2v) is 8.14. The van der Waals surface area contributed by atoms with Gasteiger partial charge in [0, 0.05) is 17.7 Å². The molecule has 2 aromatic rings. The van der Waals surface area contributed by atoms with E-state index in [2.05, 4.69) is 23.2 Å². The number of rotatable bonds is 17. The number of para-hydroxylation sites is 1. The maximum Gasteiger partial charge on any atom is 0.142 e. The number of aromatic amines is 1. The second-order valence-electron chi connectivity index (χ2n) is 8.14. The van der Waals surface area contributed by atoms with Crippen LogP contribution >= 0.6 is 0 Å². The van der Waals surface area contributed by atoms with Gasteiger partial charge < -0.3 is 14.8 Å². The zero-order valence-corrected chi connectivity index (χ0v) is 18.0. The zero-order chi connectivity index (χ0) is 19.9. The molecule has 1 aromatic carbocycles. The van der Waals surface area contributed by atoms with Crippen molar-refractivity contribution in [1.29, 1.82) is 0 Å². The summed E-state index contributed by atoms with van der Waals surface area (Å²) in [7, 11) is 1.73. The number of methoxy groups -OCH3 is 1. The van der Waals surface area contributed by atoms with Crippen LogP contribution in [0.3, 0.4) is 0 Å². The number of aryl methyl sites for hydroxylation is 1. The van der Waals surface area contributed by atoms with Gasteiger partial charge in [0.25, 0.3) is 0 Å². The van der Waals surface area contributed by atoms with Crippen molar-refractivity contribution in [1.82, 2.24) is 4.98 Å². The van der Waals surface area contributed by atoms with Crippen LogP contribution in [0, 0.1) is 0 Å². The average Bonchev–Trinajstić information content (AvgIpc) is 3.14. The molecule has 0 spiro atoms. The molecule has 0 fully saturated rings. The second kappa shape index (κ2) is 14.5. The summed E-state index contributed by atoms with van der Waals surface area (Å²) in [5.74, 6) is 0.936. The standard InChI is InChI=1S/C25H41NO2/c1-28-24-19-16-17-22-21-23(26-25(22)24)18-14-12-10-8-6-4-2-3-5-7-9-11-13-15-20-27/h16-17,19,21,26-27H,2-15,18,20H2,1H3. The van der Waals surface area contributed by atoms with E-state index in [0.717, 1.165) is 24.1 Å². The van der Waals surface area contributed by atoms with Crippen LogP contribution in [0.15, 0.2) is 24.3 Å². The molecule has 3 nitrogen and oxygen atoms in total. The van der Waals surface area contributed by atoms with Gasteiger partial charge in [0.1, 0.15) is 5.75 Å². The van der Waals surface area contributed by atoms with Crippen LogP contribution in [0.1, 0.15) is 95.6 Å². The molecular weight excluding hydrogens is 346 g/mol. The summed E-state index contributed by atoms with van der Waals surface area (Å²) in [5.41, 5.74) is 2.46. The fourth-order valence-corrected chi connectivity index (χ4v) is 4.04. The molecule has 0 saturated carbocycles. The SMILES string of the molecule is COc1cccc2cc(CCCCCCCCCCCCCCCCO)[nH]c12. The van der Waals surface area contributed by atoms with Crippen LogP contribution in [0.25, 0.3) is 10.9 Å². The molecule has 1 aromatic heterocycles. The Hall–Kier alpha value is -1.48. The first-order valence-electron chi connectivity index (χ1n) is 11.6. The Balaban J connectivity index is 1.41. The largest absolute Gasteiger partial charge is 0.495 e. The van der Waals surface area contributed by atoms with Crippen LogP contribution in [0.2, 0.25) is 0 Å². The highest BCUT2D eigenvalue weighted by molar-refractivity contribution is 5.86. The summed E-state index contributed by atoms with van der Waals surface area (Å²) in [6, 6.07) is 8.49. The molecule has 158 valence electrons. The summed E-state index contributed by atoms with van der Waals surface area (Å²) in [5, 5.41) is 10.00. The lowest BCUT2D eigenvalue weighted by atomic mass is 10.0. The molecule has 2 N–H and O–H groups in total. The van der Waals surface area contributed by atoms with Crippen molar-refractivity contribution in [2.24, 2.45) is 0 Å². The molecule has 1 heterocycles. The monoisotopic (exact) mass is 387 g/mol. The fraction of sp³-hybridized carbons (Fsp3) is 0.680. The number of benzene rings is 1. The van der Waals surface area contributed by atoms with E-state index < -0.39 is 0 Å². The minimum atomic E-state index is 0.359. The minimum Gasteiger partial charge on any atom is -0.495 e. The van der Waals surface area contributed by atoms with Crippen LogP contribution in [0.5, 0.6) is 5.75 Å². The number of aliphatic hydroxyl groups excluding tert-OH is 1. The molecule has 0 radical (unpaired) electrons. The van der Waals surface area contributed by atoms with Crippen molar-refractivity contribution < 1.29 is 9.84 Å². The third-order valence-corrected chi connectivity index (χ3v) is 5.75. The van der Waals surface area contributed by atoms with Crippen molar-refractivity contribution in [2.75, 3.05) is 13.7 Å². The van der Waals surface area contributed by atoms with Crippen LogP contribution in [-0.4, -0.2) is 23.8 Å². The molecule has 0 aliphatic rings. The van der Waals surface area contributed by atoms with Gasteiger partial charge in [-0.2, -0.15) is 0 Å². The van der Waals surface area contributed by atoms with Gasteiger partial charge in [0.05, 0.1) is 12.6 Å². The van der Waals surface area contributed by atoms with E-state index in [9.17, 15) is 0 Å². The maximum atomic E-state index is 8.75. The van der Waals surface area contributed by atoms with Gasteiger partial charge in [0.15, 0.2) is 0 Å². The highest BCUT2D eigenvalue weighted by Gasteiger charge is 2.05. The number of aromatic nitrogens is 1. The van der Waals surface area contributed by atoms with Gasteiger partial charge in [-0.05, 0) is 31.4 Å². The molecule has 0 atom stereocenters. The Kier molecular flexibility index (Phi) is 11.8. The summed E-state index contributed by atoms with van der Waals surface area (Å²) < 4.78 is 5.43. The molecule has 2 rings (SSSR count). The van der Waals surface area contributed by atoms with Crippen LogP contribution in [0.4, 0.5) is 0 Å². The molecule has 28 heavy (non-hydrogen) atoms. The molecule has 0 aliphatic heterocycles. The maximum absolute atomic E-state index is 8.75. The third-order valence-electron chi connectivity index (χ3n) is 5.75. The van der Waals surface area contributed by atoms with Crippen molar-refractivity contribution in [2.45, 2.75) is 96.3 Å².